The number of esters is 1. The van der Waals surface area contributed by atoms with Gasteiger partial charge in [0.1, 0.15) is 6.10 Å². The second kappa shape index (κ2) is 1.97. The summed E-state index contributed by atoms with van der Waals surface area (Å²) in [6, 6.07) is 0. The van der Waals surface area contributed by atoms with Crippen molar-refractivity contribution in [1.29, 1.82) is 0 Å². The van der Waals surface area contributed by atoms with E-state index in [9.17, 15) is 4.79 Å². The van der Waals surface area contributed by atoms with E-state index >= 15 is 0 Å². The molecule has 1 aliphatic heterocycles. The highest BCUT2D eigenvalue weighted by Crippen LogP contribution is 2.39. The van der Waals surface area contributed by atoms with Gasteiger partial charge in [0.15, 0.2) is 0 Å². The molecule has 1 aliphatic carbocycles. The van der Waals surface area contributed by atoms with Crippen molar-refractivity contribution in [2.24, 2.45) is 11.8 Å². The maximum Gasteiger partial charge on any atom is 0.309 e. The lowest BCUT2D eigenvalue weighted by atomic mass is 9.94. The number of carbonyl (C=O) groups excluding carboxylic acids is 1. The minimum absolute atomic E-state index is 0.0229. The third kappa shape index (κ3) is 0.678. The summed E-state index contributed by atoms with van der Waals surface area (Å²) in [6.07, 6.45) is 3.81. The normalized spacial score (nSPS) is 45.3. The van der Waals surface area contributed by atoms with Crippen LogP contribution in [0.3, 0.4) is 0 Å². The van der Waals surface area contributed by atoms with Crippen LogP contribution in [0.25, 0.3) is 0 Å². The molecular formula is C8H12O2. The second-order valence-corrected chi connectivity index (χ2v) is 3.36. The van der Waals surface area contributed by atoms with Crippen LogP contribution >= 0.6 is 0 Å². The van der Waals surface area contributed by atoms with Gasteiger partial charge in [0.25, 0.3) is 0 Å². The van der Waals surface area contributed by atoms with E-state index in [4.69, 9.17) is 4.74 Å². The molecule has 0 amide bonds. The number of carbonyl (C=O) groups is 1. The van der Waals surface area contributed by atoms with Gasteiger partial charge in [-0.15, -0.1) is 0 Å². The Balaban J connectivity index is 2.16. The number of fused-ring (bicyclic) bond motifs is 1. The average Bonchev–Trinajstić information content (AvgIpc) is 2.41. The van der Waals surface area contributed by atoms with Gasteiger partial charge < -0.3 is 4.74 Å². The molecule has 0 aromatic rings. The molecule has 1 saturated heterocycles. The standard InChI is InChI=1S/C8H12O2/c1-5-6-3-2-4-7(6)10-8(5)9/h5-7H,2-4H2,1H3/t5-,6-,7+/m1/s1. The summed E-state index contributed by atoms with van der Waals surface area (Å²) in [5.74, 6) is 0.745. The Morgan fingerprint density at radius 3 is 3.00 bits per heavy atom. The van der Waals surface area contributed by atoms with E-state index in [2.05, 4.69) is 0 Å². The largest absolute Gasteiger partial charge is 0.462 e. The topological polar surface area (TPSA) is 26.3 Å². The Bertz CT molecular complexity index is 165. The summed E-state index contributed by atoms with van der Waals surface area (Å²) in [5.41, 5.74) is 0. The highest BCUT2D eigenvalue weighted by Gasteiger charge is 2.44. The van der Waals surface area contributed by atoms with E-state index in [1.165, 1.54) is 12.8 Å². The Morgan fingerprint density at radius 1 is 1.50 bits per heavy atom. The van der Waals surface area contributed by atoms with Crippen molar-refractivity contribution in [3.05, 3.63) is 0 Å². The summed E-state index contributed by atoms with van der Waals surface area (Å²) >= 11 is 0. The molecule has 10 heavy (non-hydrogen) atoms. The predicted molar refractivity (Wildman–Crippen MR) is 36.4 cm³/mol. The monoisotopic (exact) mass is 140 g/mol. The molecule has 2 nitrogen and oxygen atoms in total. The predicted octanol–water partition coefficient (Wildman–Crippen LogP) is 1.35. The minimum Gasteiger partial charge on any atom is -0.462 e. The fraction of sp³-hybridized carbons (Fsp3) is 0.875. The van der Waals surface area contributed by atoms with E-state index in [1.54, 1.807) is 0 Å². The first-order valence-electron chi connectivity index (χ1n) is 3.99. The maximum absolute atomic E-state index is 11.0. The fourth-order valence-electron chi connectivity index (χ4n) is 2.10. The number of hydrogen-bond donors (Lipinski definition) is 0. The van der Waals surface area contributed by atoms with E-state index < -0.39 is 0 Å². The van der Waals surface area contributed by atoms with Crippen molar-refractivity contribution >= 4 is 5.97 Å². The number of ether oxygens (including phenoxy) is 1. The lowest BCUT2D eigenvalue weighted by Crippen LogP contribution is -2.11. The summed E-state index contributed by atoms with van der Waals surface area (Å²) in [5, 5.41) is 0. The van der Waals surface area contributed by atoms with E-state index in [-0.39, 0.29) is 18.0 Å². The zero-order valence-electron chi connectivity index (χ0n) is 6.17. The lowest BCUT2D eigenvalue weighted by Gasteiger charge is -2.06. The van der Waals surface area contributed by atoms with Crippen LogP contribution in [-0.2, 0) is 9.53 Å². The molecule has 56 valence electrons. The zero-order chi connectivity index (χ0) is 7.14. The molecule has 1 heterocycles. The Labute approximate surface area is 60.6 Å². The van der Waals surface area contributed by atoms with Gasteiger partial charge in [0.2, 0.25) is 0 Å². The van der Waals surface area contributed by atoms with Gasteiger partial charge in [0, 0.05) is 5.92 Å². The third-order valence-electron chi connectivity index (χ3n) is 2.79. The van der Waals surface area contributed by atoms with Crippen LogP contribution in [0.5, 0.6) is 0 Å². The first-order chi connectivity index (χ1) is 4.79. The molecule has 2 heteroatoms. The first-order valence-corrected chi connectivity index (χ1v) is 3.99. The van der Waals surface area contributed by atoms with E-state index in [0.29, 0.717) is 5.92 Å². The van der Waals surface area contributed by atoms with E-state index in [1.807, 2.05) is 6.92 Å². The molecule has 3 atom stereocenters. The molecule has 1 saturated carbocycles. The molecule has 0 aromatic heterocycles. The third-order valence-corrected chi connectivity index (χ3v) is 2.79. The smallest absolute Gasteiger partial charge is 0.309 e. The quantitative estimate of drug-likeness (QED) is 0.475. The van der Waals surface area contributed by atoms with Crippen molar-refractivity contribution < 1.29 is 9.53 Å². The molecule has 2 fully saturated rings. The van der Waals surface area contributed by atoms with Gasteiger partial charge in [-0.25, -0.2) is 0 Å². The highest BCUT2D eigenvalue weighted by molar-refractivity contribution is 5.74. The SMILES string of the molecule is C[C@H]1C(=O)O[C@H]2CCC[C@@H]21. The average molecular weight is 140 g/mol. The Kier molecular flexibility index (Phi) is 1.22. The fourth-order valence-corrected chi connectivity index (χ4v) is 2.10. The molecule has 2 rings (SSSR count). The number of hydrogen-bond acceptors (Lipinski definition) is 2. The van der Waals surface area contributed by atoms with E-state index in [0.717, 1.165) is 6.42 Å². The van der Waals surface area contributed by atoms with Gasteiger partial charge in [-0.2, -0.15) is 0 Å². The first kappa shape index (κ1) is 6.20. The van der Waals surface area contributed by atoms with Gasteiger partial charge in [-0.1, -0.05) is 6.92 Å². The zero-order valence-corrected chi connectivity index (χ0v) is 6.17. The molecule has 0 N–H and O–H groups in total. The lowest BCUT2D eigenvalue weighted by molar-refractivity contribution is -0.144. The van der Waals surface area contributed by atoms with Crippen LogP contribution in [-0.4, -0.2) is 12.1 Å². The summed E-state index contributed by atoms with van der Waals surface area (Å²) in [4.78, 5) is 11.0. The van der Waals surface area contributed by atoms with Crippen LogP contribution in [0.1, 0.15) is 26.2 Å². The van der Waals surface area contributed by atoms with Gasteiger partial charge in [-0.05, 0) is 19.3 Å². The molecule has 0 spiro atoms. The van der Waals surface area contributed by atoms with Gasteiger partial charge >= 0.3 is 5.97 Å². The molecular weight excluding hydrogens is 128 g/mol. The van der Waals surface area contributed by atoms with Gasteiger partial charge in [-0.3, -0.25) is 4.79 Å². The van der Waals surface area contributed by atoms with Crippen LogP contribution in [0, 0.1) is 11.8 Å². The van der Waals surface area contributed by atoms with Crippen LogP contribution in [0.4, 0.5) is 0 Å². The van der Waals surface area contributed by atoms with Crippen molar-refractivity contribution in [2.75, 3.05) is 0 Å². The summed E-state index contributed by atoms with van der Waals surface area (Å²) in [6.45, 7) is 1.98. The number of rotatable bonds is 0. The van der Waals surface area contributed by atoms with Crippen molar-refractivity contribution in [2.45, 2.75) is 32.3 Å². The molecule has 0 radical (unpaired) electrons. The molecule has 2 aliphatic rings. The van der Waals surface area contributed by atoms with Crippen LogP contribution in [0.15, 0.2) is 0 Å². The van der Waals surface area contributed by atoms with Crippen LogP contribution in [0.2, 0.25) is 0 Å². The molecule has 0 bridgehead atoms. The molecule has 0 aromatic carbocycles. The van der Waals surface area contributed by atoms with Crippen molar-refractivity contribution in [3.8, 4) is 0 Å². The van der Waals surface area contributed by atoms with Crippen LogP contribution < -0.4 is 0 Å². The summed E-state index contributed by atoms with van der Waals surface area (Å²) in [7, 11) is 0. The molecule has 0 unspecified atom stereocenters. The minimum atomic E-state index is 0.0229. The second-order valence-electron chi connectivity index (χ2n) is 3.36. The highest BCUT2D eigenvalue weighted by atomic mass is 16.6. The van der Waals surface area contributed by atoms with Crippen molar-refractivity contribution in [3.63, 3.8) is 0 Å². The van der Waals surface area contributed by atoms with Crippen molar-refractivity contribution in [1.82, 2.24) is 0 Å². The Morgan fingerprint density at radius 2 is 2.30 bits per heavy atom. The summed E-state index contributed by atoms with van der Waals surface area (Å²) < 4.78 is 5.16. The Hall–Kier alpha value is -0.530. The van der Waals surface area contributed by atoms with Gasteiger partial charge in [0.05, 0.1) is 5.92 Å². The maximum atomic E-state index is 11.0.